The molecule has 3 aliphatic rings. The molecule has 0 radical (unpaired) electrons. The minimum absolute atomic E-state index is 0.161. The molecule has 28 heavy (non-hydrogen) atoms. The number of anilines is 1. The number of piperazine rings is 1. The Morgan fingerprint density at radius 1 is 1.14 bits per heavy atom. The van der Waals surface area contributed by atoms with Crippen LogP contribution >= 0.6 is 11.3 Å². The Bertz CT molecular complexity index is 898. The van der Waals surface area contributed by atoms with E-state index < -0.39 is 0 Å². The molecule has 0 N–H and O–H groups in total. The highest BCUT2D eigenvalue weighted by Gasteiger charge is 2.31. The molecule has 2 aromatic rings. The van der Waals surface area contributed by atoms with Crippen LogP contribution in [0.1, 0.15) is 41.9 Å². The summed E-state index contributed by atoms with van der Waals surface area (Å²) >= 11 is 1.83. The van der Waals surface area contributed by atoms with Gasteiger partial charge in [-0.15, -0.1) is 11.3 Å². The second kappa shape index (κ2) is 7.26. The van der Waals surface area contributed by atoms with Crippen molar-refractivity contribution in [3.63, 3.8) is 0 Å². The second-order valence-corrected chi connectivity index (χ2v) is 9.64. The summed E-state index contributed by atoms with van der Waals surface area (Å²) in [5, 5.41) is 1.27. The lowest BCUT2D eigenvalue weighted by Crippen LogP contribution is -2.47. The quantitative estimate of drug-likeness (QED) is 0.791. The monoisotopic (exact) mass is 399 g/mol. The Labute approximate surface area is 170 Å². The lowest BCUT2D eigenvalue weighted by atomic mass is 9.97. The zero-order chi connectivity index (χ0) is 19.3. The first-order valence-electron chi connectivity index (χ1n) is 10.6. The highest BCUT2D eigenvalue weighted by molar-refractivity contribution is 7.19. The minimum atomic E-state index is 0.161. The van der Waals surface area contributed by atoms with Crippen LogP contribution in [0.3, 0.4) is 0 Å². The summed E-state index contributed by atoms with van der Waals surface area (Å²) in [6.07, 6.45) is 7.63. The molecule has 0 unspecified atom stereocenters. The topological polar surface area (TPSA) is 52.6 Å². The molecule has 1 aliphatic heterocycles. The fourth-order valence-electron chi connectivity index (χ4n) is 4.45. The van der Waals surface area contributed by atoms with Crippen LogP contribution in [0.4, 0.5) is 5.82 Å². The highest BCUT2D eigenvalue weighted by atomic mass is 32.1. The Morgan fingerprint density at radius 2 is 1.89 bits per heavy atom. The molecule has 1 amide bonds. The van der Waals surface area contributed by atoms with Crippen molar-refractivity contribution in [3.8, 4) is 0 Å². The van der Waals surface area contributed by atoms with Gasteiger partial charge in [0, 0.05) is 44.1 Å². The van der Waals surface area contributed by atoms with Crippen molar-refractivity contribution in [2.24, 2.45) is 0 Å². The van der Waals surface area contributed by atoms with E-state index in [9.17, 15) is 4.79 Å². The number of amides is 1. The van der Waals surface area contributed by atoms with Gasteiger partial charge in [0.05, 0.1) is 11.8 Å². The average molecular weight is 400 g/mol. The number of rotatable bonds is 4. The van der Waals surface area contributed by atoms with Crippen molar-refractivity contribution < 1.29 is 4.79 Å². The first-order valence-corrected chi connectivity index (χ1v) is 11.4. The molecule has 6 nitrogen and oxygen atoms in total. The fourth-order valence-corrected chi connectivity index (χ4v) is 5.73. The highest BCUT2D eigenvalue weighted by Crippen LogP contribution is 2.41. The first kappa shape index (κ1) is 18.3. The van der Waals surface area contributed by atoms with E-state index in [4.69, 9.17) is 9.97 Å². The smallest absolute Gasteiger partial charge is 0.230 e. The summed E-state index contributed by atoms with van der Waals surface area (Å²) in [6, 6.07) is 0.596. The van der Waals surface area contributed by atoms with Crippen LogP contribution in [-0.2, 0) is 24.1 Å². The van der Waals surface area contributed by atoms with Crippen LogP contribution in [0.2, 0.25) is 0 Å². The fraction of sp³-hybridized carbons (Fsp3) is 0.667. The number of aromatic nitrogens is 2. The van der Waals surface area contributed by atoms with Crippen LogP contribution in [-0.4, -0.2) is 72.0 Å². The van der Waals surface area contributed by atoms with Gasteiger partial charge in [-0.25, -0.2) is 9.97 Å². The van der Waals surface area contributed by atoms with Crippen LogP contribution in [0.5, 0.6) is 0 Å². The standard InChI is InChI=1S/C21H29N5OS/c1-24-9-11-26(12-10-24)18(27)13-17-22-20(25(2)14-7-8-14)19-15-5-3-4-6-16(15)28-21(19)23-17/h14H,3-13H2,1-2H3. The summed E-state index contributed by atoms with van der Waals surface area (Å²) < 4.78 is 0. The number of hydrogen-bond acceptors (Lipinski definition) is 6. The molecule has 150 valence electrons. The van der Waals surface area contributed by atoms with Gasteiger partial charge in [0.1, 0.15) is 16.5 Å². The molecule has 0 spiro atoms. The number of hydrogen-bond donors (Lipinski definition) is 0. The van der Waals surface area contributed by atoms with Crippen molar-refractivity contribution in [3.05, 3.63) is 16.3 Å². The Morgan fingerprint density at radius 3 is 2.64 bits per heavy atom. The Balaban J connectivity index is 1.48. The molecule has 0 bridgehead atoms. The maximum absolute atomic E-state index is 12.8. The maximum atomic E-state index is 12.8. The molecule has 3 heterocycles. The third-order valence-corrected chi connectivity index (χ3v) is 7.62. The van der Waals surface area contributed by atoms with Crippen molar-refractivity contribution >= 4 is 33.3 Å². The van der Waals surface area contributed by atoms with Crippen molar-refractivity contribution in [1.29, 1.82) is 0 Å². The number of carbonyl (C=O) groups is 1. The number of aryl methyl sites for hydroxylation is 2. The van der Waals surface area contributed by atoms with Gasteiger partial charge in [-0.05, 0) is 51.1 Å². The second-order valence-electron chi connectivity index (χ2n) is 8.56. The Hall–Kier alpha value is -1.73. The van der Waals surface area contributed by atoms with Gasteiger partial charge in [-0.1, -0.05) is 0 Å². The first-order chi connectivity index (χ1) is 13.6. The molecular weight excluding hydrogens is 370 g/mol. The lowest BCUT2D eigenvalue weighted by Gasteiger charge is -2.32. The molecule has 0 atom stereocenters. The molecule has 2 aromatic heterocycles. The van der Waals surface area contributed by atoms with Gasteiger partial charge in [0.25, 0.3) is 0 Å². The van der Waals surface area contributed by atoms with E-state index in [2.05, 4.69) is 23.9 Å². The summed E-state index contributed by atoms with van der Waals surface area (Å²) in [6.45, 7) is 3.50. The van der Waals surface area contributed by atoms with E-state index in [1.807, 2.05) is 16.2 Å². The molecule has 1 saturated heterocycles. The third-order valence-electron chi connectivity index (χ3n) is 6.44. The summed E-state index contributed by atoms with van der Waals surface area (Å²) in [5.74, 6) is 1.92. The lowest BCUT2D eigenvalue weighted by molar-refractivity contribution is -0.132. The van der Waals surface area contributed by atoms with Gasteiger partial charge in [-0.2, -0.15) is 0 Å². The summed E-state index contributed by atoms with van der Waals surface area (Å²) in [4.78, 5) is 31.8. The van der Waals surface area contributed by atoms with Crippen LogP contribution in [0, 0.1) is 0 Å². The molecule has 1 saturated carbocycles. The molecule has 0 aromatic carbocycles. The SMILES string of the molecule is CN1CCN(C(=O)Cc2nc(N(C)C3CC3)c3c4c(sc3n2)CCCC4)CC1. The van der Waals surface area contributed by atoms with Crippen LogP contribution < -0.4 is 4.90 Å². The van der Waals surface area contributed by atoms with Crippen molar-refractivity contribution in [2.45, 2.75) is 51.0 Å². The zero-order valence-corrected chi connectivity index (χ0v) is 17.7. The van der Waals surface area contributed by atoms with Gasteiger partial charge >= 0.3 is 0 Å². The largest absolute Gasteiger partial charge is 0.356 e. The van der Waals surface area contributed by atoms with E-state index >= 15 is 0 Å². The number of likely N-dealkylation sites (N-methyl/N-ethyl adjacent to an activating group) is 1. The normalized spacial score (nSPS) is 20.4. The number of carbonyl (C=O) groups excluding carboxylic acids is 1. The van der Waals surface area contributed by atoms with E-state index in [-0.39, 0.29) is 5.91 Å². The predicted molar refractivity (Wildman–Crippen MR) is 113 cm³/mol. The maximum Gasteiger partial charge on any atom is 0.230 e. The minimum Gasteiger partial charge on any atom is -0.356 e. The molecule has 2 aliphatic carbocycles. The van der Waals surface area contributed by atoms with E-state index in [0.29, 0.717) is 18.3 Å². The molecule has 5 rings (SSSR count). The molecule has 2 fully saturated rings. The Kier molecular flexibility index (Phi) is 4.75. The van der Waals surface area contributed by atoms with Gasteiger partial charge < -0.3 is 14.7 Å². The third kappa shape index (κ3) is 3.39. The van der Waals surface area contributed by atoms with Crippen LogP contribution in [0.25, 0.3) is 10.2 Å². The van der Waals surface area contributed by atoms with Crippen molar-refractivity contribution in [1.82, 2.24) is 19.8 Å². The van der Waals surface area contributed by atoms with E-state index in [0.717, 1.165) is 43.2 Å². The summed E-state index contributed by atoms with van der Waals surface area (Å²) in [5.41, 5.74) is 1.48. The summed E-state index contributed by atoms with van der Waals surface area (Å²) in [7, 11) is 4.27. The number of thiophene rings is 1. The molecular formula is C21H29N5OS. The van der Waals surface area contributed by atoms with E-state index in [1.54, 1.807) is 0 Å². The zero-order valence-electron chi connectivity index (χ0n) is 16.9. The van der Waals surface area contributed by atoms with Gasteiger partial charge in [0.2, 0.25) is 5.91 Å². The van der Waals surface area contributed by atoms with Crippen LogP contribution in [0.15, 0.2) is 0 Å². The number of fused-ring (bicyclic) bond motifs is 3. The predicted octanol–water partition coefficient (Wildman–Crippen LogP) is 2.49. The average Bonchev–Trinajstić information content (AvgIpc) is 3.48. The molecule has 7 heteroatoms. The van der Waals surface area contributed by atoms with E-state index in [1.165, 1.54) is 47.9 Å². The van der Waals surface area contributed by atoms with Crippen molar-refractivity contribution in [2.75, 3.05) is 45.2 Å². The number of nitrogens with zero attached hydrogens (tertiary/aromatic N) is 5. The van der Waals surface area contributed by atoms with Gasteiger partial charge in [-0.3, -0.25) is 4.79 Å². The van der Waals surface area contributed by atoms with Gasteiger partial charge in [0.15, 0.2) is 0 Å².